The van der Waals surface area contributed by atoms with Gasteiger partial charge in [-0.1, -0.05) is 20.3 Å². The summed E-state index contributed by atoms with van der Waals surface area (Å²) in [5.74, 6) is 0.431. The minimum Gasteiger partial charge on any atom is -0.312 e. The third-order valence-electron chi connectivity index (χ3n) is 4.14. The molecule has 1 aromatic rings. The maximum atomic E-state index is 12.7. The van der Waals surface area contributed by atoms with E-state index in [0.29, 0.717) is 17.4 Å². The van der Waals surface area contributed by atoms with Crippen LogP contribution in [0, 0.1) is 12.8 Å². The number of aryl methyl sites for hydroxylation is 1. The highest BCUT2D eigenvalue weighted by atomic mass is 32.2. The average molecular weight is 331 g/mol. The number of sulfonamides is 1. The SMILES string of the molecule is CCCNCc1scc(C)c1S(=O)(=O)NC1CCCC1C. The molecule has 1 aliphatic carbocycles. The van der Waals surface area contributed by atoms with Crippen molar-refractivity contribution >= 4 is 21.4 Å². The minimum atomic E-state index is -3.41. The van der Waals surface area contributed by atoms with Crippen LogP contribution >= 0.6 is 11.3 Å². The number of nitrogens with one attached hydrogen (secondary N) is 2. The van der Waals surface area contributed by atoms with Crippen molar-refractivity contribution in [3.8, 4) is 0 Å². The maximum Gasteiger partial charge on any atom is 0.242 e. The molecule has 1 aromatic heterocycles. The highest BCUT2D eigenvalue weighted by Crippen LogP contribution is 2.30. The lowest BCUT2D eigenvalue weighted by Gasteiger charge is -2.18. The molecule has 0 bridgehead atoms. The van der Waals surface area contributed by atoms with Gasteiger partial charge < -0.3 is 5.32 Å². The van der Waals surface area contributed by atoms with Crippen LogP contribution in [0.1, 0.15) is 50.0 Å². The smallest absolute Gasteiger partial charge is 0.242 e. The van der Waals surface area contributed by atoms with Crippen LogP contribution in [-0.2, 0) is 16.6 Å². The van der Waals surface area contributed by atoms with Crippen molar-refractivity contribution in [3.63, 3.8) is 0 Å². The first kappa shape index (κ1) is 16.9. The summed E-state index contributed by atoms with van der Waals surface area (Å²) in [5, 5.41) is 5.24. The molecule has 0 saturated heterocycles. The summed E-state index contributed by atoms with van der Waals surface area (Å²) < 4.78 is 28.4. The van der Waals surface area contributed by atoms with Crippen molar-refractivity contribution in [2.45, 2.75) is 63.9 Å². The van der Waals surface area contributed by atoms with Gasteiger partial charge >= 0.3 is 0 Å². The second-order valence-electron chi connectivity index (χ2n) is 5.98. The second-order valence-corrected chi connectivity index (χ2v) is 8.60. The molecule has 0 radical (unpaired) electrons. The van der Waals surface area contributed by atoms with Crippen LogP contribution in [0.2, 0.25) is 0 Å². The van der Waals surface area contributed by atoms with Crippen molar-refractivity contribution in [1.82, 2.24) is 10.0 Å². The molecule has 1 saturated carbocycles. The normalized spacial score (nSPS) is 22.8. The van der Waals surface area contributed by atoms with E-state index in [9.17, 15) is 8.42 Å². The molecule has 21 heavy (non-hydrogen) atoms. The van der Waals surface area contributed by atoms with Crippen LogP contribution in [0.25, 0.3) is 0 Å². The molecule has 2 atom stereocenters. The zero-order chi connectivity index (χ0) is 15.5. The van der Waals surface area contributed by atoms with E-state index < -0.39 is 10.0 Å². The fraction of sp³-hybridized carbons (Fsp3) is 0.733. The van der Waals surface area contributed by atoms with Crippen LogP contribution in [0.4, 0.5) is 0 Å². The third-order valence-corrected chi connectivity index (χ3v) is 7.09. The van der Waals surface area contributed by atoms with Gasteiger partial charge in [0.05, 0.1) is 0 Å². The lowest BCUT2D eigenvalue weighted by atomic mass is 10.1. The molecule has 1 fully saturated rings. The summed E-state index contributed by atoms with van der Waals surface area (Å²) in [6.45, 7) is 7.65. The van der Waals surface area contributed by atoms with Crippen molar-refractivity contribution in [2.75, 3.05) is 6.54 Å². The first-order valence-corrected chi connectivity index (χ1v) is 10.1. The van der Waals surface area contributed by atoms with Crippen LogP contribution in [-0.4, -0.2) is 21.0 Å². The van der Waals surface area contributed by atoms with Gasteiger partial charge in [-0.15, -0.1) is 11.3 Å². The van der Waals surface area contributed by atoms with Crippen molar-refractivity contribution in [1.29, 1.82) is 0 Å². The topological polar surface area (TPSA) is 58.2 Å². The number of hydrogen-bond donors (Lipinski definition) is 2. The van der Waals surface area contributed by atoms with Crippen LogP contribution in [0.3, 0.4) is 0 Å². The van der Waals surface area contributed by atoms with Gasteiger partial charge in [-0.25, -0.2) is 13.1 Å². The Labute approximate surface area is 132 Å². The van der Waals surface area contributed by atoms with Gasteiger partial charge in [-0.3, -0.25) is 0 Å². The molecule has 6 heteroatoms. The Kier molecular flexibility index (Phi) is 5.82. The Balaban J connectivity index is 2.16. The molecule has 2 rings (SSSR count). The molecule has 4 nitrogen and oxygen atoms in total. The number of rotatable bonds is 7. The summed E-state index contributed by atoms with van der Waals surface area (Å²) in [5.41, 5.74) is 0.853. The molecule has 2 unspecified atom stereocenters. The first-order valence-electron chi connectivity index (χ1n) is 7.75. The average Bonchev–Trinajstić information content (AvgIpc) is 2.97. The van der Waals surface area contributed by atoms with Crippen LogP contribution < -0.4 is 10.0 Å². The molecule has 1 heterocycles. The van der Waals surface area contributed by atoms with E-state index in [0.717, 1.165) is 42.7 Å². The summed E-state index contributed by atoms with van der Waals surface area (Å²) in [6.07, 6.45) is 4.22. The van der Waals surface area contributed by atoms with E-state index in [2.05, 4.69) is 23.9 Å². The first-order chi connectivity index (χ1) is 9.95. The molecule has 2 N–H and O–H groups in total. The summed E-state index contributed by atoms with van der Waals surface area (Å²) in [4.78, 5) is 1.41. The zero-order valence-corrected chi connectivity index (χ0v) is 14.7. The molecule has 0 amide bonds. The highest BCUT2D eigenvalue weighted by Gasteiger charge is 2.30. The molecule has 1 aliphatic rings. The van der Waals surface area contributed by atoms with Gasteiger partial charge in [0.25, 0.3) is 0 Å². The highest BCUT2D eigenvalue weighted by molar-refractivity contribution is 7.89. The quantitative estimate of drug-likeness (QED) is 0.756. The van der Waals surface area contributed by atoms with Gasteiger partial charge in [0.1, 0.15) is 4.90 Å². The lowest BCUT2D eigenvalue weighted by molar-refractivity contribution is 0.476. The lowest BCUT2D eigenvalue weighted by Crippen LogP contribution is -2.37. The Morgan fingerprint density at radius 2 is 2.14 bits per heavy atom. The van der Waals surface area contributed by atoms with Gasteiger partial charge in [0.2, 0.25) is 10.0 Å². The fourth-order valence-corrected chi connectivity index (χ4v) is 6.09. The Morgan fingerprint density at radius 1 is 1.38 bits per heavy atom. The minimum absolute atomic E-state index is 0.0887. The van der Waals surface area contributed by atoms with Gasteiger partial charge in [-0.2, -0.15) is 0 Å². The van der Waals surface area contributed by atoms with E-state index in [-0.39, 0.29) is 6.04 Å². The monoisotopic (exact) mass is 330 g/mol. The summed E-state index contributed by atoms with van der Waals surface area (Å²) in [7, 11) is -3.41. The third kappa shape index (κ3) is 4.06. The predicted octanol–water partition coefficient (Wildman–Crippen LogP) is 3.02. The van der Waals surface area contributed by atoms with Crippen LogP contribution in [0.15, 0.2) is 10.3 Å². The van der Waals surface area contributed by atoms with Gasteiger partial charge in [0, 0.05) is 17.5 Å². The molecular formula is C15H26N2O2S2. The molecular weight excluding hydrogens is 304 g/mol. The Hall–Kier alpha value is -0.430. The number of thiophene rings is 1. The van der Waals surface area contributed by atoms with Crippen LogP contribution in [0.5, 0.6) is 0 Å². The zero-order valence-electron chi connectivity index (χ0n) is 13.1. The molecule has 0 aromatic carbocycles. The van der Waals surface area contributed by atoms with E-state index in [1.54, 1.807) is 0 Å². The number of hydrogen-bond acceptors (Lipinski definition) is 4. The second kappa shape index (κ2) is 7.22. The fourth-order valence-electron chi connectivity index (χ4n) is 2.93. The molecule has 0 aliphatic heterocycles. The predicted molar refractivity (Wildman–Crippen MR) is 88.2 cm³/mol. The largest absolute Gasteiger partial charge is 0.312 e. The van der Waals surface area contributed by atoms with Crippen molar-refractivity contribution in [3.05, 3.63) is 15.8 Å². The van der Waals surface area contributed by atoms with Crippen molar-refractivity contribution in [2.24, 2.45) is 5.92 Å². The van der Waals surface area contributed by atoms with E-state index in [4.69, 9.17) is 0 Å². The van der Waals surface area contributed by atoms with Gasteiger partial charge in [0.15, 0.2) is 0 Å². The van der Waals surface area contributed by atoms with Gasteiger partial charge in [-0.05, 0) is 49.6 Å². The van der Waals surface area contributed by atoms with E-state index in [1.165, 1.54) is 11.3 Å². The Morgan fingerprint density at radius 3 is 2.76 bits per heavy atom. The maximum absolute atomic E-state index is 12.7. The standard InChI is InChI=1S/C15H26N2O2S2/c1-4-8-16-9-14-15(12(3)10-20-14)21(18,19)17-13-7-5-6-11(13)2/h10-11,13,16-17H,4-9H2,1-3H3. The Bertz CT molecular complexity index is 566. The molecule has 120 valence electrons. The summed E-state index contributed by atoms with van der Waals surface area (Å²) in [6, 6.07) is 0.0887. The summed E-state index contributed by atoms with van der Waals surface area (Å²) >= 11 is 1.53. The van der Waals surface area contributed by atoms with E-state index in [1.807, 2.05) is 12.3 Å². The van der Waals surface area contributed by atoms with Crippen molar-refractivity contribution < 1.29 is 8.42 Å². The molecule has 0 spiro atoms. The van der Waals surface area contributed by atoms with E-state index >= 15 is 0 Å².